The molecule has 82 valence electrons. The summed E-state index contributed by atoms with van der Waals surface area (Å²) in [4.78, 5) is 1.54. The van der Waals surface area contributed by atoms with E-state index in [2.05, 4.69) is 47.6 Å². The van der Waals surface area contributed by atoms with Crippen LogP contribution in [0.25, 0.3) is 0 Å². The Morgan fingerprint density at radius 2 is 1.93 bits per heavy atom. The van der Waals surface area contributed by atoms with Crippen LogP contribution >= 0.6 is 21.6 Å². The molecule has 0 bridgehead atoms. The van der Waals surface area contributed by atoms with Crippen molar-refractivity contribution in [2.24, 2.45) is 11.3 Å². The number of hydrogen-bond donors (Lipinski definition) is 0. The van der Waals surface area contributed by atoms with Crippen LogP contribution in [0.4, 0.5) is 0 Å². The summed E-state index contributed by atoms with van der Waals surface area (Å²) in [5, 5.41) is 0. The summed E-state index contributed by atoms with van der Waals surface area (Å²) in [7, 11) is 4.01. The summed E-state index contributed by atoms with van der Waals surface area (Å²) < 4.78 is 0.410. The standard InChI is InChI=1S/C12H22S2/c1-9-7-10(11(2,3)4)13-14-12(5,6)8-9/h7,9H,8H2,1-6H3. The monoisotopic (exact) mass is 230 g/mol. The maximum absolute atomic E-state index is 2.46. The van der Waals surface area contributed by atoms with Crippen LogP contribution in [0.2, 0.25) is 0 Å². The van der Waals surface area contributed by atoms with Crippen LogP contribution in [-0.4, -0.2) is 4.75 Å². The van der Waals surface area contributed by atoms with E-state index in [9.17, 15) is 0 Å². The van der Waals surface area contributed by atoms with Crippen molar-refractivity contribution < 1.29 is 0 Å². The second-order valence-electron chi connectivity index (χ2n) is 5.89. The first-order chi connectivity index (χ1) is 6.21. The Balaban J connectivity index is 2.82. The molecule has 0 aromatic carbocycles. The van der Waals surface area contributed by atoms with Gasteiger partial charge < -0.3 is 0 Å². The van der Waals surface area contributed by atoms with E-state index in [1.54, 1.807) is 4.91 Å². The van der Waals surface area contributed by atoms with Crippen molar-refractivity contribution in [1.82, 2.24) is 0 Å². The van der Waals surface area contributed by atoms with Gasteiger partial charge >= 0.3 is 0 Å². The lowest BCUT2D eigenvalue weighted by atomic mass is 9.91. The van der Waals surface area contributed by atoms with Gasteiger partial charge in [-0.05, 0) is 36.5 Å². The second-order valence-corrected chi connectivity index (χ2v) is 8.77. The average molecular weight is 230 g/mol. The minimum atomic E-state index is 0.312. The predicted octanol–water partition coefficient (Wildman–Crippen LogP) is 5.12. The first-order valence-corrected chi connectivity index (χ1v) is 7.44. The first kappa shape index (κ1) is 12.5. The van der Waals surface area contributed by atoms with Gasteiger partial charge in [0.25, 0.3) is 0 Å². The molecule has 0 radical (unpaired) electrons. The normalized spacial score (nSPS) is 28.1. The highest BCUT2D eigenvalue weighted by Gasteiger charge is 2.29. The van der Waals surface area contributed by atoms with Gasteiger partial charge in [0.1, 0.15) is 0 Å². The summed E-state index contributed by atoms with van der Waals surface area (Å²) in [6.07, 6.45) is 3.75. The third-order valence-electron chi connectivity index (χ3n) is 2.35. The van der Waals surface area contributed by atoms with Gasteiger partial charge in [0.15, 0.2) is 0 Å². The van der Waals surface area contributed by atoms with Gasteiger partial charge in [-0.15, -0.1) is 0 Å². The van der Waals surface area contributed by atoms with Crippen molar-refractivity contribution >= 4 is 21.6 Å². The van der Waals surface area contributed by atoms with Gasteiger partial charge in [0, 0.05) is 4.75 Å². The molecule has 2 heteroatoms. The molecule has 0 nitrogen and oxygen atoms in total. The third-order valence-corrected chi connectivity index (χ3v) is 6.12. The van der Waals surface area contributed by atoms with Gasteiger partial charge in [0.2, 0.25) is 0 Å². The molecule has 0 aromatic heterocycles. The van der Waals surface area contributed by atoms with E-state index in [1.807, 2.05) is 21.6 Å². The molecule has 1 rings (SSSR count). The molecule has 1 aliphatic rings. The lowest BCUT2D eigenvalue weighted by Crippen LogP contribution is -2.15. The summed E-state index contributed by atoms with van der Waals surface area (Å²) in [5.41, 5.74) is 0.312. The van der Waals surface area contributed by atoms with Crippen LogP contribution in [0.5, 0.6) is 0 Å². The van der Waals surface area contributed by atoms with Crippen molar-refractivity contribution in [1.29, 1.82) is 0 Å². The lowest BCUT2D eigenvalue weighted by Gasteiger charge is -2.24. The number of rotatable bonds is 0. The Morgan fingerprint density at radius 3 is 2.43 bits per heavy atom. The molecule has 0 amide bonds. The molecule has 1 heterocycles. The zero-order valence-electron chi connectivity index (χ0n) is 10.2. The topological polar surface area (TPSA) is 0 Å². The van der Waals surface area contributed by atoms with Gasteiger partial charge in [-0.1, -0.05) is 55.4 Å². The van der Waals surface area contributed by atoms with Crippen LogP contribution in [0.3, 0.4) is 0 Å². The van der Waals surface area contributed by atoms with E-state index in [-0.39, 0.29) is 0 Å². The quantitative estimate of drug-likeness (QED) is 0.530. The van der Waals surface area contributed by atoms with Gasteiger partial charge in [-0.25, -0.2) is 0 Å². The fourth-order valence-electron chi connectivity index (χ4n) is 1.69. The highest BCUT2D eigenvalue weighted by Crippen LogP contribution is 2.51. The fraction of sp³-hybridized carbons (Fsp3) is 0.833. The van der Waals surface area contributed by atoms with E-state index in [4.69, 9.17) is 0 Å². The molecule has 0 saturated heterocycles. The van der Waals surface area contributed by atoms with Crippen molar-refractivity contribution in [2.75, 3.05) is 0 Å². The van der Waals surface area contributed by atoms with Crippen LogP contribution in [0, 0.1) is 11.3 Å². The Morgan fingerprint density at radius 1 is 1.36 bits per heavy atom. The van der Waals surface area contributed by atoms with E-state index in [1.165, 1.54) is 6.42 Å². The zero-order valence-corrected chi connectivity index (χ0v) is 11.8. The van der Waals surface area contributed by atoms with Crippen molar-refractivity contribution in [3.05, 3.63) is 11.0 Å². The fourth-order valence-corrected chi connectivity index (χ4v) is 4.94. The van der Waals surface area contributed by atoms with Gasteiger partial charge in [-0.2, -0.15) is 0 Å². The van der Waals surface area contributed by atoms with Crippen LogP contribution < -0.4 is 0 Å². The molecule has 1 aliphatic heterocycles. The van der Waals surface area contributed by atoms with E-state index >= 15 is 0 Å². The maximum atomic E-state index is 2.46. The molecule has 1 atom stereocenters. The SMILES string of the molecule is CC1C=C(C(C)(C)C)SSC(C)(C)C1. The smallest absolute Gasteiger partial charge is 0.0216 e. The van der Waals surface area contributed by atoms with Crippen molar-refractivity contribution in [3.8, 4) is 0 Å². The molecular weight excluding hydrogens is 208 g/mol. The molecular formula is C12H22S2. The summed E-state index contributed by atoms with van der Waals surface area (Å²) in [6.45, 7) is 13.9. The Labute approximate surface area is 96.7 Å². The van der Waals surface area contributed by atoms with Crippen LogP contribution in [-0.2, 0) is 0 Å². The first-order valence-electron chi connectivity index (χ1n) is 5.29. The molecule has 0 saturated carbocycles. The molecule has 1 unspecified atom stereocenters. The van der Waals surface area contributed by atoms with Gasteiger partial charge in [-0.3, -0.25) is 0 Å². The minimum absolute atomic E-state index is 0.312. The third kappa shape index (κ3) is 3.54. The minimum Gasteiger partial charge on any atom is -0.0830 e. The Bertz CT molecular complexity index is 233. The molecule has 0 aliphatic carbocycles. The van der Waals surface area contributed by atoms with Gasteiger partial charge in [0.05, 0.1) is 0 Å². The molecule has 0 fully saturated rings. The summed E-state index contributed by atoms with van der Waals surface area (Å²) in [6, 6.07) is 0. The highest BCUT2D eigenvalue weighted by atomic mass is 33.1. The summed E-state index contributed by atoms with van der Waals surface area (Å²) in [5.74, 6) is 0.710. The largest absolute Gasteiger partial charge is 0.0830 e. The Kier molecular flexibility index (Phi) is 3.69. The molecule has 0 aromatic rings. The Hall–Kier alpha value is 0.440. The number of allylic oxidation sites excluding steroid dienone is 2. The van der Waals surface area contributed by atoms with Crippen LogP contribution in [0.1, 0.15) is 48.0 Å². The molecule has 14 heavy (non-hydrogen) atoms. The van der Waals surface area contributed by atoms with E-state index in [0.29, 0.717) is 16.1 Å². The zero-order chi connectivity index (χ0) is 11.0. The van der Waals surface area contributed by atoms with Crippen molar-refractivity contribution in [3.63, 3.8) is 0 Å². The second kappa shape index (κ2) is 4.13. The van der Waals surface area contributed by atoms with Crippen molar-refractivity contribution in [2.45, 2.75) is 52.7 Å². The summed E-state index contributed by atoms with van der Waals surface area (Å²) >= 11 is 0. The average Bonchev–Trinajstić information content (AvgIpc) is 2.05. The van der Waals surface area contributed by atoms with E-state index < -0.39 is 0 Å². The highest BCUT2D eigenvalue weighted by molar-refractivity contribution is 8.78. The van der Waals surface area contributed by atoms with E-state index in [0.717, 1.165) is 0 Å². The molecule has 0 spiro atoms. The predicted molar refractivity (Wildman–Crippen MR) is 70.6 cm³/mol. The maximum Gasteiger partial charge on any atom is 0.0216 e. The lowest BCUT2D eigenvalue weighted by molar-refractivity contribution is 0.510. The molecule has 0 N–H and O–H groups in total. The number of hydrogen-bond acceptors (Lipinski definition) is 2. The van der Waals surface area contributed by atoms with Crippen LogP contribution in [0.15, 0.2) is 11.0 Å².